The molecule has 180 valence electrons. The van der Waals surface area contributed by atoms with Gasteiger partial charge in [-0.2, -0.15) is 0 Å². The van der Waals surface area contributed by atoms with Crippen LogP contribution in [0.2, 0.25) is 0 Å². The molecule has 3 N–H and O–H groups in total. The summed E-state index contributed by atoms with van der Waals surface area (Å²) in [6.07, 6.45) is 9.88. The molecule has 4 aliphatic carbocycles. The second-order valence-corrected chi connectivity index (χ2v) is 10.7. The monoisotopic (exact) mass is 458 g/mol. The van der Waals surface area contributed by atoms with Gasteiger partial charge in [0.05, 0.1) is 18.9 Å². The lowest BCUT2D eigenvalue weighted by molar-refractivity contribution is -0.168. The maximum atomic E-state index is 13.3. The second-order valence-electron chi connectivity index (χ2n) is 10.7. The van der Waals surface area contributed by atoms with E-state index in [2.05, 4.69) is 19.1 Å². The summed E-state index contributed by atoms with van der Waals surface area (Å²) in [7, 11) is 0. The van der Waals surface area contributed by atoms with Gasteiger partial charge in [-0.15, -0.1) is 0 Å². The molecule has 0 radical (unpaired) electrons. The van der Waals surface area contributed by atoms with Crippen LogP contribution >= 0.6 is 0 Å². The fraction of sp³-hybridized carbons (Fsp3) is 0.654. The van der Waals surface area contributed by atoms with Crippen LogP contribution in [0.15, 0.2) is 35.5 Å². The summed E-state index contributed by atoms with van der Waals surface area (Å²) in [5, 5.41) is 30.6. The normalized spacial score (nSPS) is 41.2. The highest BCUT2D eigenvalue weighted by atomic mass is 16.5. The Bertz CT molecular complexity index is 962. The van der Waals surface area contributed by atoms with Crippen LogP contribution in [-0.2, 0) is 19.1 Å². The van der Waals surface area contributed by atoms with Crippen molar-refractivity contribution < 1.29 is 34.4 Å². The van der Waals surface area contributed by atoms with Crippen LogP contribution in [0.25, 0.3) is 0 Å². The molecule has 2 saturated carbocycles. The third kappa shape index (κ3) is 3.60. The van der Waals surface area contributed by atoms with Gasteiger partial charge >= 0.3 is 11.9 Å². The molecular formula is C26H34O7. The molecule has 0 aromatic carbocycles. The summed E-state index contributed by atoms with van der Waals surface area (Å²) in [6, 6.07) is 0. The number of carboxylic acids is 1. The Kier molecular flexibility index (Phi) is 5.94. The van der Waals surface area contributed by atoms with Crippen LogP contribution in [0.1, 0.15) is 59.3 Å². The highest BCUT2D eigenvalue weighted by molar-refractivity contribution is 5.91. The summed E-state index contributed by atoms with van der Waals surface area (Å²) in [5.74, 6) is -2.32. The van der Waals surface area contributed by atoms with Crippen LogP contribution in [0, 0.1) is 28.6 Å². The van der Waals surface area contributed by atoms with Gasteiger partial charge in [0.1, 0.15) is 5.60 Å². The molecule has 0 aromatic rings. The Morgan fingerprint density at radius 3 is 2.64 bits per heavy atom. The molecule has 0 heterocycles. The highest BCUT2D eigenvalue weighted by Gasteiger charge is 2.67. The number of carbonyl (C=O) groups is 3. The molecule has 7 atom stereocenters. The maximum absolute atomic E-state index is 13.3. The standard InChI is InChI=1S/C26H34O7/c1-15-12-20-18-5-4-16-13-17(27)8-10-24(16,2)19(18)9-11-25(20,3)26(15,32)21(28)14-33-23(31)7-6-22(29)30/h8-10,13,15,17-18,20,27,32H,4-7,11-12,14H2,1-3H3,(H,29,30)/t15-,17?,18?,20?,24+,25+,26+/m1/s1. The minimum absolute atomic E-state index is 0.114. The van der Waals surface area contributed by atoms with E-state index in [0.29, 0.717) is 12.8 Å². The molecule has 0 amide bonds. The molecule has 4 aliphatic rings. The zero-order valence-corrected chi connectivity index (χ0v) is 19.5. The lowest BCUT2D eigenvalue weighted by Crippen LogP contribution is -2.57. The minimum Gasteiger partial charge on any atom is -0.481 e. The molecule has 2 fully saturated rings. The van der Waals surface area contributed by atoms with E-state index < -0.39 is 41.4 Å². The Balaban J connectivity index is 1.57. The first-order chi connectivity index (χ1) is 15.4. The van der Waals surface area contributed by atoms with E-state index in [1.165, 1.54) is 11.1 Å². The van der Waals surface area contributed by atoms with E-state index in [0.717, 1.165) is 12.8 Å². The topological polar surface area (TPSA) is 121 Å². The number of carbonyl (C=O) groups excluding carboxylic acids is 2. The van der Waals surface area contributed by atoms with Crippen LogP contribution in [0.3, 0.4) is 0 Å². The van der Waals surface area contributed by atoms with Crippen LogP contribution < -0.4 is 0 Å². The molecule has 0 aromatic heterocycles. The highest BCUT2D eigenvalue weighted by Crippen LogP contribution is 2.66. The fourth-order valence-corrected chi connectivity index (χ4v) is 7.12. The van der Waals surface area contributed by atoms with Gasteiger partial charge in [0.15, 0.2) is 6.61 Å². The summed E-state index contributed by atoms with van der Waals surface area (Å²) in [5.41, 5.74) is 0.00370. The predicted molar refractivity (Wildman–Crippen MR) is 120 cm³/mol. The van der Waals surface area contributed by atoms with Crippen LogP contribution in [0.5, 0.6) is 0 Å². The Labute approximate surface area is 194 Å². The number of hydrogen-bond acceptors (Lipinski definition) is 6. The Hall–Kier alpha value is -2.25. The van der Waals surface area contributed by atoms with Gasteiger partial charge in [-0.1, -0.05) is 49.3 Å². The van der Waals surface area contributed by atoms with Crippen molar-refractivity contribution in [2.45, 2.75) is 71.0 Å². The minimum atomic E-state index is -1.62. The number of rotatable bonds is 6. The van der Waals surface area contributed by atoms with Crippen molar-refractivity contribution in [2.24, 2.45) is 28.6 Å². The van der Waals surface area contributed by atoms with Crippen molar-refractivity contribution in [1.82, 2.24) is 0 Å². The summed E-state index contributed by atoms with van der Waals surface area (Å²) >= 11 is 0. The number of hydrogen-bond donors (Lipinski definition) is 3. The molecule has 7 nitrogen and oxygen atoms in total. The largest absolute Gasteiger partial charge is 0.481 e. The Morgan fingerprint density at radius 2 is 1.94 bits per heavy atom. The van der Waals surface area contributed by atoms with Gasteiger partial charge in [0.2, 0.25) is 5.78 Å². The second kappa shape index (κ2) is 8.20. The fourth-order valence-electron chi connectivity index (χ4n) is 7.12. The third-order valence-corrected chi connectivity index (χ3v) is 8.96. The quantitative estimate of drug-likeness (QED) is 0.413. The first kappa shape index (κ1) is 23.9. The predicted octanol–water partition coefficient (Wildman–Crippen LogP) is 2.96. The van der Waals surface area contributed by atoms with Crippen molar-refractivity contribution >= 4 is 17.7 Å². The van der Waals surface area contributed by atoms with E-state index in [4.69, 9.17) is 9.84 Å². The lowest BCUT2D eigenvalue weighted by atomic mass is 9.51. The summed E-state index contributed by atoms with van der Waals surface area (Å²) in [4.78, 5) is 35.7. The van der Waals surface area contributed by atoms with Gasteiger partial charge in [-0.25, -0.2) is 0 Å². The number of fused-ring (bicyclic) bond motifs is 5. The van der Waals surface area contributed by atoms with Crippen molar-refractivity contribution in [3.05, 3.63) is 35.5 Å². The zero-order chi connectivity index (χ0) is 24.2. The average Bonchev–Trinajstić information content (AvgIpc) is 2.98. The van der Waals surface area contributed by atoms with Gasteiger partial charge in [0, 0.05) is 10.8 Å². The van der Waals surface area contributed by atoms with Crippen LogP contribution in [-0.4, -0.2) is 51.4 Å². The van der Waals surface area contributed by atoms with Crippen molar-refractivity contribution in [3.63, 3.8) is 0 Å². The van der Waals surface area contributed by atoms with Crippen molar-refractivity contribution in [3.8, 4) is 0 Å². The van der Waals surface area contributed by atoms with E-state index in [9.17, 15) is 24.6 Å². The molecule has 0 bridgehead atoms. The number of Topliss-reactive ketones (excluding diaryl/α,β-unsaturated/α-hetero) is 1. The number of allylic oxidation sites excluding steroid dienone is 4. The van der Waals surface area contributed by atoms with Gasteiger partial charge in [-0.3, -0.25) is 14.4 Å². The van der Waals surface area contributed by atoms with E-state index in [1.807, 2.05) is 26.0 Å². The van der Waals surface area contributed by atoms with Crippen molar-refractivity contribution in [1.29, 1.82) is 0 Å². The number of aliphatic hydroxyl groups is 2. The first-order valence-corrected chi connectivity index (χ1v) is 11.9. The third-order valence-electron chi connectivity index (χ3n) is 8.96. The average molecular weight is 459 g/mol. The maximum Gasteiger partial charge on any atom is 0.306 e. The number of aliphatic carboxylic acids is 1. The first-order valence-electron chi connectivity index (χ1n) is 11.9. The molecule has 3 unspecified atom stereocenters. The van der Waals surface area contributed by atoms with Gasteiger partial charge in [0.25, 0.3) is 0 Å². The van der Waals surface area contributed by atoms with Gasteiger partial charge < -0.3 is 20.1 Å². The molecular weight excluding hydrogens is 424 g/mol. The molecule has 33 heavy (non-hydrogen) atoms. The molecule has 4 rings (SSSR count). The number of carboxylic acid groups (broad SMARTS) is 1. The SMILES string of the molecule is C[C@@H]1CC2C3CCC4=CC(O)C=C[C@]4(C)C3=CC[C@]2(C)[C@@]1(O)C(=O)COC(=O)CCC(=O)O. The number of esters is 1. The van der Waals surface area contributed by atoms with E-state index in [-0.39, 0.29) is 36.0 Å². The summed E-state index contributed by atoms with van der Waals surface area (Å²) in [6.45, 7) is 5.51. The van der Waals surface area contributed by atoms with Crippen molar-refractivity contribution in [2.75, 3.05) is 6.61 Å². The molecule has 0 aliphatic heterocycles. The number of aliphatic hydroxyl groups excluding tert-OH is 1. The zero-order valence-electron chi connectivity index (χ0n) is 19.5. The number of ketones is 1. The summed E-state index contributed by atoms with van der Waals surface area (Å²) < 4.78 is 5.04. The van der Waals surface area contributed by atoms with Gasteiger partial charge in [-0.05, 0) is 50.4 Å². The van der Waals surface area contributed by atoms with E-state index in [1.54, 1.807) is 0 Å². The molecule has 0 spiro atoms. The lowest BCUT2D eigenvalue weighted by Gasteiger charge is -2.54. The number of ether oxygens (including phenoxy) is 1. The molecule has 0 saturated heterocycles. The van der Waals surface area contributed by atoms with E-state index >= 15 is 0 Å². The Morgan fingerprint density at radius 1 is 1.21 bits per heavy atom. The molecule has 7 heteroatoms. The van der Waals surface area contributed by atoms with Crippen LogP contribution in [0.4, 0.5) is 0 Å². The smallest absolute Gasteiger partial charge is 0.306 e.